The second-order valence-corrected chi connectivity index (χ2v) is 6.15. The molecule has 1 aliphatic rings. The summed E-state index contributed by atoms with van der Waals surface area (Å²) in [4.78, 5) is 18.7. The van der Waals surface area contributed by atoms with Gasteiger partial charge in [0.1, 0.15) is 5.75 Å². The minimum absolute atomic E-state index is 0.142. The van der Waals surface area contributed by atoms with Crippen molar-refractivity contribution >= 4 is 46.0 Å². The number of para-hydroxylation sites is 2. The first-order valence-corrected chi connectivity index (χ1v) is 7.74. The number of hydrogen-bond acceptors (Lipinski definition) is 5. The summed E-state index contributed by atoms with van der Waals surface area (Å²) in [5, 5.41) is 0. The van der Waals surface area contributed by atoms with Crippen LogP contribution in [0.1, 0.15) is 5.56 Å². The normalized spacial score (nSPS) is 16.4. The number of ether oxygens (including phenoxy) is 1. The maximum atomic E-state index is 12.7. The highest BCUT2D eigenvalue weighted by Gasteiger charge is 2.34. The van der Waals surface area contributed by atoms with Gasteiger partial charge in [-0.1, -0.05) is 36.1 Å². The van der Waals surface area contributed by atoms with Gasteiger partial charge in [-0.25, -0.2) is 0 Å². The largest absolute Gasteiger partial charge is 0.495 e. The predicted molar refractivity (Wildman–Crippen MR) is 92.9 cm³/mol. The number of carbonyl (C=O) groups is 1. The molecule has 0 unspecified atom stereocenters. The Kier molecular flexibility index (Phi) is 4.22. The van der Waals surface area contributed by atoms with Crippen molar-refractivity contribution in [3.63, 3.8) is 0 Å². The maximum absolute atomic E-state index is 12.7. The van der Waals surface area contributed by atoms with Gasteiger partial charge in [0.05, 0.1) is 17.7 Å². The summed E-state index contributed by atoms with van der Waals surface area (Å²) >= 11 is 6.64. The number of methoxy groups -OCH3 is 1. The summed E-state index contributed by atoms with van der Waals surface area (Å²) in [6, 6.07) is 11.0. The first-order valence-electron chi connectivity index (χ1n) is 6.51. The van der Waals surface area contributed by atoms with Crippen molar-refractivity contribution in [2.24, 2.45) is 0 Å². The van der Waals surface area contributed by atoms with Crippen LogP contribution in [0.15, 0.2) is 53.7 Å². The quantitative estimate of drug-likeness (QED) is 0.637. The van der Waals surface area contributed by atoms with Crippen LogP contribution in [0.3, 0.4) is 0 Å². The van der Waals surface area contributed by atoms with E-state index in [1.54, 1.807) is 25.6 Å². The van der Waals surface area contributed by atoms with Crippen LogP contribution < -0.4 is 9.64 Å². The van der Waals surface area contributed by atoms with E-state index < -0.39 is 0 Å². The Morgan fingerprint density at radius 1 is 1.23 bits per heavy atom. The predicted octanol–water partition coefficient (Wildman–Crippen LogP) is 3.50. The fraction of sp³-hybridized carbons (Fsp3) is 0.0625. The van der Waals surface area contributed by atoms with E-state index in [-0.39, 0.29) is 5.91 Å². The molecule has 22 heavy (non-hydrogen) atoms. The van der Waals surface area contributed by atoms with Gasteiger partial charge < -0.3 is 4.74 Å². The van der Waals surface area contributed by atoms with E-state index in [0.29, 0.717) is 20.7 Å². The van der Waals surface area contributed by atoms with Crippen LogP contribution in [0.5, 0.6) is 5.75 Å². The Bertz CT molecular complexity index is 760. The summed E-state index contributed by atoms with van der Waals surface area (Å²) in [6.45, 7) is 0. The Hall–Kier alpha value is -2.18. The number of aromatic nitrogens is 1. The average Bonchev–Trinajstić information content (AvgIpc) is 2.82. The third-order valence-corrected chi connectivity index (χ3v) is 4.43. The van der Waals surface area contributed by atoms with Crippen LogP contribution in [0.25, 0.3) is 6.08 Å². The van der Waals surface area contributed by atoms with Crippen LogP contribution in [-0.2, 0) is 4.79 Å². The van der Waals surface area contributed by atoms with Gasteiger partial charge in [-0.3, -0.25) is 14.7 Å². The molecular weight excluding hydrogens is 316 g/mol. The van der Waals surface area contributed by atoms with E-state index in [1.165, 1.54) is 16.7 Å². The zero-order chi connectivity index (χ0) is 15.5. The van der Waals surface area contributed by atoms with E-state index in [1.807, 2.05) is 36.4 Å². The molecule has 2 heterocycles. The zero-order valence-corrected chi connectivity index (χ0v) is 13.4. The van der Waals surface area contributed by atoms with Gasteiger partial charge in [0, 0.05) is 12.4 Å². The van der Waals surface area contributed by atoms with Gasteiger partial charge in [-0.2, -0.15) is 0 Å². The smallest absolute Gasteiger partial charge is 0.270 e. The van der Waals surface area contributed by atoms with Crippen LogP contribution in [0.2, 0.25) is 0 Å². The monoisotopic (exact) mass is 328 g/mol. The van der Waals surface area contributed by atoms with Gasteiger partial charge in [0.25, 0.3) is 5.91 Å². The van der Waals surface area contributed by atoms with Crippen molar-refractivity contribution in [2.75, 3.05) is 12.0 Å². The first kappa shape index (κ1) is 14.7. The Labute approximate surface area is 137 Å². The van der Waals surface area contributed by atoms with Gasteiger partial charge in [0.2, 0.25) is 0 Å². The van der Waals surface area contributed by atoms with Gasteiger partial charge >= 0.3 is 0 Å². The highest BCUT2D eigenvalue weighted by atomic mass is 32.2. The molecule has 3 rings (SSSR count). The average molecular weight is 328 g/mol. The zero-order valence-electron chi connectivity index (χ0n) is 11.7. The van der Waals surface area contributed by atoms with E-state index in [2.05, 4.69) is 4.98 Å². The molecule has 1 amide bonds. The second-order valence-electron chi connectivity index (χ2n) is 4.47. The molecule has 110 valence electrons. The number of thioether (sulfide) groups is 1. The number of amides is 1. The van der Waals surface area contributed by atoms with Crippen molar-refractivity contribution in [1.82, 2.24) is 4.98 Å². The summed E-state index contributed by atoms with van der Waals surface area (Å²) in [7, 11) is 1.57. The number of rotatable bonds is 3. The van der Waals surface area contributed by atoms with Crippen LogP contribution >= 0.6 is 24.0 Å². The molecule has 6 heteroatoms. The van der Waals surface area contributed by atoms with E-state index in [4.69, 9.17) is 17.0 Å². The number of anilines is 1. The lowest BCUT2D eigenvalue weighted by molar-refractivity contribution is -0.113. The molecule has 1 aromatic heterocycles. The molecule has 1 fully saturated rings. The third kappa shape index (κ3) is 2.75. The molecule has 1 aromatic carbocycles. The molecule has 0 N–H and O–H groups in total. The molecule has 0 saturated carbocycles. The number of benzene rings is 1. The molecule has 4 nitrogen and oxygen atoms in total. The summed E-state index contributed by atoms with van der Waals surface area (Å²) in [6.07, 6.45) is 5.19. The van der Waals surface area contributed by atoms with Crippen molar-refractivity contribution in [2.45, 2.75) is 0 Å². The first-order chi connectivity index (χ1) is 10.7. The highest BCUT2D eigenvalue weighted by Crippen LogP contribution is 2.39. The topological polar surface area (TPSA) is 42.4 Å². The van der Waals surface area contributed by atoms with E-state index in [9.17, 15) is 4.79 Å². The lowest BCUT2D eigenvalue weighted by Gasteiger charge is -2.17. The molecule has 1 aliphatic heterocycles. The van der Waals surface area contributed by atoms with Gasteiger partial charge in [-0.05, 0) is 35.9 Å². The van der Waals surface area contributed by atoms with E-state index >= 15 is 0 Å². The number of thiocarbonyl (C=S) groups is 1. The minimum atomic E-state index is -0.142. The number of hydrogen-bond donors (Lipinski definition) is 0. The lowest BCUT2D eigenvalue weighted by atomic mass is 10.2. The Balaban J connectivity index is 1.97. The Morgan fingerprint density at radius 3 is 2.68 bits per heavy atom. The SMILES string of the molecule is COc1ccccc1N1C(=O)/C(=C\c2ccncc2)SC1=S. The summed E-state index contributed by atoms with van der Waals surface area (Å²) in [5.41, 5.74) is 1.57. The van der Waals surface area contributed by atoms with Crippen LogP contribution in [-0.4, -0.2) is 22.3 Å². The molecule has 0 spiro atoms. The molecule has 2 aromatic rings. The van der Waals surface area contributed by atoms with Gasteiger partial charge in [-0.15, -0.1) is 0 Å². The molecular formula is C16H12N2O2S2. The van der Waals surface area contributed by atoms with Crippen molar-refractivity contribution < 1.29 is 9.53 Å². The number of carbonyl (C=O) groups excluding carboxylic acids is 1. The highest BCUT2D eigenvalue weighted by molar-refractivity contribution is 8.27. The lowest BCUT2D eigenvalue weighted by Crippen LogP contribution is -2.27. The molecule has 0 atom stereocenters. The fourth-order valence-electron chi connectivity index (χ4n) is 2.10. The number of nitrogens with zero attached hydrogens (tertiary/aromatic N) is 2. The molecule has 0 bridgehead atoms. The second kappa shape index (κ2) is 6.29. The minimum Gasteiger partial charge on any atom is -0.495 e. The standard InChI is InChI=1S/C16H12N2O2S2/c1-20-13-5-3-2-4-12(13)18-15(19)14(22-16(18)21)10-11-6-8-17-9-7-11/h2-10H,1H3/b14-10+. The summed E-state index contributed by atoms with van der Waals surface area (Å²) in [5.74, 6) is 0.472. The van der Waals surface area contributed by atoms with Crippen molar-refractivity contribution in [3.05, 3.63) is 59.3 Å². The summed E-state index contributed by atoms with van der Waals surface area (Å²) < 4.78 is 5.81. The number of pyridine rings is 1. The maximum Gasteiger partial charge on any atom is 0.270 e. The van der Waals surface area contributed by atoms with Crippen molar-refractivity contribution in [3.8, 4) is 5.75 Å². The van der Waals surface area contributed by atoms with E-state index in [0.717, 1.165) is 5.56 Å². The van der Waals surface area contributed by atoms with Crippen LogP contribution in [0.4, 0.5) is 5.69 Å². The van der Waals surface area contributed by atoms with Crippen LogP contribution in [0, 0.1) is 0 Å². The Morgan fingerprint density at radius 2 is 1.95 bits per heavy atom. The molecule has 0 radical (unpaired) electrons. The third-order valence-electron chi connectivity index (χ3n) is 3.12. The molecule has 1 saturated heterocycles. The fourth-order valence-corrected chi connectivity index (χ4v) is 3.39. The molecule has 0 aliphatic carbocycles. The van der Waals surface area contributed by atoms with Crippen molar-refractivity contribution in [1.29, 1.82) is 0 Å². The van der Waals surface area contributed by atoms with Gasteiger partial charge in [0.15, 0.2) is 4.32 Å².